The number of rotatable bonds is 5. The summed E-state index contributed by atoms with van der Waals surface area (Å²) in [5.41, 5.74) is 12.1. The van der Waals surface area contributed by atoms with Crippen molar-refractivity contribution in [3.8, 4) is 17.1 Å². The Kier molecular flexibility index (Phi) is 6.56. The van der Waals surface area contributed by atoms with Gasteiger partial charge >= 0.3 is 0 Å². The highest BCUT2D eigenvalue weighted by Gasteiger charge is 2.22. The lowest BCUT2D eigenvalue weighted by Gasteiger charge is -2.28. The van der Waals surface area contributed by atoms with Crippen LogP contribution in [0.1, 0.15) is 20.0 Å². The second-order valence-electron chi connectivity index (χ2n) is 7.76. The van der Waals surface area contributed by atoms with Crippen LogP contribution in [0.2, 0.25) is 0 Å². The number of thiophene rings is 1. The van der Waals surface area contributed by atoms with E-state index in [-0.39, 0.29) is 5.95 Å². The number of hydrogen-bond acceptors (Lipinski definition) is 11. The van der Waals surface area contributed by atoms with E-state index in [9.17, 15) is 9.59 Å². The van der Waals surface area contributed by atoms with Gasteiger partial charge in [0.15, 0.2) is 11.6 Å². The van der Waals surface area contributed by atoms with E-state index in [1.54, 1.807) is 49.8 Å². The Hall–Kier alpha value is -4.36. The molecule has 1 aromatic carbocycles. The van der Waals surface area contributed by atoms with E-state index in [0.29, 0.717) is 65.2 Å². The average molecular weight is 507 g/mol. The number of benzene rings is 1. The molecule has 36 heavy (non-hydrogen) atoms. The van der Waals surface area contributed by atoms with Crippen LogP contribution >= 0.6 is 11.3 Å². The molecule has 1 saturated heterocycles. The van der Waals surface area contributed by atoms with Gasteiger partial charge in [0.1, 0.15) is 5.75 Å². The molecule has 0 unspecified atom stereocenters. The van der Waals surface area contributed by atoms with E-state index >= 15 is 0 Å². The van der Waals surface area contributed by atoms with Gasteiger partial charge in [-0.1, -0.05) is 0 Å². The maximum Gasteiger partial charge on any atom is 0.279 e. The lowest BCUT2D eigenvalue weighted by atomic mass is 10.2. The fraction of sp³-hybridized carbons (Fsp3) is 0.217. The standard InChI is InChI=1S/C23H22N8O4S/c1-34-15-4-2-13(3-5-15)21(32)29-30-22(33)17-10-16-18(36-17)20(31-6-8-35-9-7-31)28-19(27-16)14-11-25-23(24)26-12-14/h2-5,10-12H,6-9H2,1H3,(H,29,32)(H,30,33)(H2,24,25,26). The highest BCUT2D eigenvalue weighted by Crippen LogP contribution is 2.34. The molecule has 4 heterocycles. The molecule has 0 atom stereocenters. The zero-order valence-electron chi connectivity index (χ0n) is 19.2. The van der Waals surface area contributed by atoms with Gasteiger partial charge in [-0.2, -0.15) is 0 Å². The number of anilines is 2. The Morgan fingerprint density at radius 3 is 2.44 bits per heavy atom. The quantitative estimate of drug-likeness (QED) is 0.340. The topological polar surface area (TPSA) is 157 Å². The number of ether oxygens (including phenoxy) is 2. The second-order valence-corrected chi connectivity index (χ2v) is 8.81. The second kappa shape index (κ2) is 10.1. The summed E-state index contributed by atoms with van der Waals surface area (Å²) in [5.74, 6) is 0.974. The summed E-state index contributed by atoms with van der Waals surface area (Å²) in [6.07, 6.45) is 3.11. The number of hydrogen-bond donors (Lipinski definition) is 3. The molecule has 1 fully saturated rings. The van der Waals surface area contributed by atoms with Crippen molar-refractivity contribution >= 4 is 45.1 Å². The fourth-order valence-corrected chi connectivity index (χ4v) is 4.60. The number of carbonyl (C=O) groups excluding carboxylic acids is 2. The first-order valence-corrected chi connectivity index (χ1v) is 11.8. The molecule has 12 nitrogen and oxygen atoms in total. The Bertz CT molecular complexity index is 1400. The number of amides is 2. The molecule has 1 aliphatic rings. The molecule has 5 rings (SSSR count). The first-order valence-electron chi connectivity index (χ1n) is 11.0. The largest absolute Gasteiger partial charge is 0.497 e. The van der Waals surface area contributed by atoms with Crippen molar-refractivity contribution in [2.24, 2.45) is 0 Å². The van der Waals surface area contributed by atoms with Crippen molar-refractivity contribution < 1.29 is 19.1 Å². The van der Waals surface area contributed by atoms with E-state index in [0.717, 1.165) is 4.70 Å². The molecule has 13 heteroatoms. The number of fused-ring (bicyclic) bond motifs is 1. The van der Waals surface area contributed by atoms with Gasteiger partial charge in [-0.15, -0.1) is 11.3 Å². The predicted molar refractivity (Wildman–Crippen MR) is 134 cm³/mol. The van der Waals surface area contributed by atoms with Crippen LogP contribution in [0, 0.1) is 0 Å². The van der Waals surface area contributed by atoms with E-state index in [1.165, 1.54) is 11.3 Å². The Balaban J connectivity index is 1.41. The number of nitrogens with zero attached hydrogens (tertiary/aromatic N) is 5. The van der Waals surface area contributed by atoms with Gasteiger partial charge in [-0.25, -0.2) is 19.9 Å². The summed E-state index contributed by atoms with van der Waals surface area (Å²) in [4.78, 5) is 45.2. The molecular formula is C23H22N8O4S. The highest BCUT2D eigenvalue weighted by molar-refractivity contribution is 7.21. The molecule has 0 saturated carbocycles. The van der Waals surface area contributed by atoms with Crippen LogP contribution < -0.4 is 26.2 Å². The number of nitrogen functional groups attached to an aromatic ring is 1. The molecule has 4 N–H and O–H groups in total. The average Bonchev–Trinajstić information content (AvgIpc) is 3.36. The van der Waals surface area contributed by atoms with Crippen LogP contribution in [0.5, 0.6) is 5.75 Å². The number of aromatic nitrogens is 4. The van der Waals surface area contributed by atoms with Crippen LogP contribution in [0.4, 0.5) is 11.8 Å². The van der Waals surface area contributed by atoms with Gasteiger partial charge in [0, 0.05) is 31.0 Å². The van der Waals surface area contributed by atoms with Crippen molar-refractivity contribution in [1.82, 2.24) is 30.8 Å². The fourth-order valence-electron chi connectivity index (χ4n) is 3.59. The SMILES string of the molecule is COc1ccc(C(=O)NNC(=O)c2cc3nc(-c4cnc(N)nc4)nc(N4CCOCC4)c3s2)cc1. The molecule has 0 radical (unpaired) electrons. The number of nitrogens with two attached hydrogens (primary N) is 1. The monoisotopic (exact) mass is 506 g/mol. The van der Waals surface area contributed by atoms with E-state index in [4.69, 9.17) is 20.2 Å². The molecular weight excluding hydrogens is 484 g/mol. The third-order valence-corrected chi connectivity index (χ3v) is 6.58. The first kappa shape index (κ1) is 23.4. The van der Waals surface area contributed by atoms with Crippen LogP contribution in [0.15, 0.2) is 42.7 Å². The lowest BCUT2D eigenvalue weighted by molar-refractivity contribution is 0.0849. The smallest absolute Gasteiger partial charge is 0.279 e. The van der Waals surface area contributed by atoms with Crippen LogP contribution in [-0.2, 0) is 4.74 Å². The summed E-state index contributed by atoms with van der Waals surface area (Å²) in [6.45, 7) is 2.45. The maximum absolute atomic E-state index is 12.9. The molecule has 0 aliphatic carbocycles. The van der Waals surface area contributed by atoms with Crippen LogP contribution in [0.25, 0.3) is 21.6 Å². The third-order valence-electron chi connectivity index (χ3n) is 5.46. The predicted octanol–water partition coefficient (Wildman–Crippen LogP) is 1.65. The van der Waals surface area contributed by atoms with Gasteiger partial charge in [0.05, 0.1) is 41.0 Å². The van der Waals surface area contributed by atoms with E-state index in [1.807, 2.05) is 0 Å². The summed E-state index contributed by atoms with van der Waals surface area (Å²) >= 11 is 1.25. The maximum atomic E-state index is 12.9. The molecule has 3 aromatic heterocycles. The third kappa shape index (κ3) is 4.87. The van der Waals surface area contributed by atoms with Crippen LogP contribution in [-0.4, -0.2) is 65.2 Å². The molecule has 184 valence electrons. The number of nitrogens with one attached hydrogen (secondary N) is 2. The minimum atomic E-state index is -0.467. The number of carbonyl (C=O) groups is 2. The summed E-state index contributed by atoms with van der Waals surface area (Å²) < 4.78 is 11.3. The lowest BCUT2D eigenvalue weighted by Crippen LogP contribution is -2.41. The van der Waals surface area contributed by atoms with Gasteiger partial charge in [-0.3, -0.25) is 20.4 Å². The normalized spacial score (nSPS) is 13.4. The summed E-state index contributed by atoms with van der Waals surface area (Å²) in [7, 11) is 1.54. The number of hydrazine groups is 1. The van der Waals surface area contributed by atoms with Crippen molar-refractivity contribution in [3.05, 3.63) is 53.2 Å². The minimum absolute atomic E-state index is 0.152. The molecule has 0 bridgehead atoms. The van der Waals surface area contributed by atoms with Crippen LogP contribution in [0.3, 0.4) is 0 Å². The van der Waals surface area contributed by atoms with Crippen molar-refractivity contribution in [2.45, 2.75) is 0 Å². The van der Waals surface area contributed by atoms with Gasteiger partial charge in [0.25, 0.3) is 11.8 Å². The van der Waals surface area contributed by atoms with Crippen molar-refractivity contribution in [1.29, 1.82) is 0 Å². The first-order chi connectivity index (χ1) is 17.5. The van der Waals surface area contributed by atoms with Crippen molar-refractivity contribution in [2.75, 3.05) is 44.0 Å². The highest BCUT2D eigenvalue weighted by atomic mass is 32.1. The van der Waals surface area contributed by atoms with Gasteiger partial charge < -0.3 is 20.1 Å². The summed E-state index contributed by atoms with van der Waals surface area (Å²) in [5, 5.41) is 0. The molecule has 4 aromatic rings. The zero-order valence-corrected chi connectivity index (χ0v) is 20.0. The number of methoxy groups -OCH3 is 1. The van der Waals surface area contributed by atoms with Gasteiger partial charge in [0.2, 0.25) is 5.95 Å². The molecule has 0 spiro atoms. The molecule has 2 amide bonds. The Labute approximate surface area is 209 Å². The van der Waals surface area contributed by atoms with Gasteiger partial charge in [-0.05, 0) is 30.3 Å². The minimum Gasteiger partial charge on any atom is -0.497 e. The molecule has 1 aliphatic heterocycles. The Morgan fingerprint density at radius 2 is 1.75 bits per heavy atom. The van der Waals surface area contributed by atoms with Crippen molar-refractivity contribution in [3.63, 3.8) is 0 Å². The van der Waals surface area contributed by atoms with E-state index < -0.39 is 11.8 Å². The zero-order chi connectivity index (χ0) is 25.1. The van der Waals surface area contributed by atoms with E-state index in [2.05, 4.69) is 30.7 Å². The summed E-state index contributed by atoms with van der Waals surface area (Å²) in [6, 6.07) is 8.21. The Morgan fingerprint density at radius 1 is 1.06 bits per heavy atom. The number of morpholine rings is 1.